The fraction of sp³-hybridized carbons (Fsp3) is 0.320. The Morgan fingerprint density at radius 1 is 1.12 bits per heavy atom. The summed E-state index contributed by atoms with van der Waals surface area (Å²) in [5, 5.41) is 0. The highest BCUT2D eigenvalue weighted by Gasteiger charge is 2.28. The lowest BCUT2D eigenvalue weighted by molar-refractivity contribution is 0.0867. The first-order valence-corrected chi connectivity index (χ1v) is 10.9. The molecule has 1 fully saturated rings. The van der Waals surface area contributed by atoms with Gasteiger partial charge in [-0.15, -0.1) is 0 Å². The molecule has 1 aliphatic carbocycles. The molecule has 1 atom stereocenters. The van der Waals surface area contributed by atoms with Gasteiger partial charge in [0.15, 0.2) is 23.3 Å². The van der Waals surface area contributed by atoms with Crippen molar-refractivity contribution in [1.29, 1.82) is 0 Å². The fourth-order valence-electron chi connectivity index (χ4n) is 4.18. The van der Waals surface area contributed by atoms with E-state index >= 15 is 0 Å². The molecule has 0 bridgehead atoms. The Hall–Kier alpha value is -3.61. The number of hydrogen-bond donors (Lipinski definition) is 0. The molecule has 3 aromatic heterocycles. The second-order valence-corrected chi connectivity index (χ2v) is 8.50. The molecule has 0 spiro atoms. The first-order chi connectivity index (χ1) is 15.7. The van der Waals surface area contributed by atoms with Crippen LogP contribution in [-0.4, -0.2) is 33.2 Å². The van der Waals surface area contributed by atoms with Crippen molar-refractivity contribution in [3.05, 3.63) is 71.4 Å². The molecule has 0 saturated heterocycles. The number of pyridine rings is 2. The number of aryl methyl sites for hydroxylation is 1. The molecule has 162 valence electrons. The number of methoxy groups -OCH3 is 1. The van der Waals surface area contributed by atoms with Crippen molar-refractivity contribution in [3.63, 3.8) is 0 Å². The molecule has 0 amide bonds. The van der Waals surface area contributed by atoms with E-state index in [2.05, 4.69) is 27.1 Å². The third-order valence-corrected chi connectivity index (χ3v) is 6.08. The number of aromatic nitrogens is 4. The van der Waals surface area contributed by atoms with Gasteiger partial charge < -0.3 is 18.8 Å². The number of nitrogens with zero attached hydrogens (tertiary/aromatic N) is 4. The lowest BCUT2D eigenvalue weighted by Crippen LogP contribution is -2.22. The second kappa shape index (κ2) is 7.51. The molecular weight excluding hydrogens is 404 g/mol. The van der Waals surface area contributed by atoms with E-state index in [-0.39, 0.29) is 6.10 Å². The number of fused-ring (bicyclic) bond motifs is 2. The highest BCUT2D eigenvalue weighted by Crippen LogP contribution is 2.45. The Morgan fingerprint density at radius 3 is 2.81 bits per heavy atom. The predicted molar refractivity (Wildman–Crippen MR) is 119 cm³/mol. The van der Waals surface area contributed by atoms with Crippen LogP contribution in [0.5, 0.6) is 17.2 Å². The van der Waals surface area contributed by atoms with Crippen LogP contribution in [0.1, 0.15) is 47.4 Å². The van der Waals surface area contributed by atoms with Gasteiger partial charge in [-0.3, -0.25) is 4.98 Å². The van der Waals surface area contributed by atoms with Gasteiger partial charge in [0, 0.05) is 29.1 Å². The van der Waals surface area contributed by atoms with E-state index in [1.165, 1.54) is 18.5 Å². The van der Waals surface area contributed by atoms with Gasteiger partial charge in [-0.1, -0.05) is 6.07 Å². The smallest absolute Gasteiger partial charge is 0.204 e. The van der Waals surface area contributed by atoms with Crippen molar-refractivity contribution in [1.82, 2.24) is 19.5 Å². The molecule has 0 radical (unpaired) electrons. The summed E-state index contributed by atoms with van der Waals surface area (Å²) < 4.78 is 20.1. The first-order valence-electron chi connectivity index (χ1n) is 10.9. The molecule has 1 aromatic carbocycles. The Labute approximate surface area is 186 Å². The van der Waals surface area contributed by atoms with Crippen LogP contribution in [0.4, 0.5) is 0 Å². The minimum atomic E-state index is -0.215. The third-order valence-electron chi connectivity index (χ3n) is 6.08. The first kappa shape index (κ1) is 19.1. The minimum Gasteiger partial charge on any atom is -0.493 e. The van der Waals surface area contributed by atoms with E-state index in [1.807, 2.05) is 48.3 Å². The van der Waals surface area contributed by atoms with Crippen molar-refractivity contribution >= 4 is 11.2 Å². The van der Waals surface area contributed by atoms with Crippen LogP contribution in [0, 0.1) is 6.92 Å². The molecule has 1 saturated carbocycles. The molecular formula is C25H24N4O3. The Bertz CT molecular complexity index is 1280. The number of benzene rings is 1. The molecule has 7 heteroatoms. The average molecular weight is 428 g/mol. The summed E-state index contributed by atoms with van der Waals surface area (Å²) in [7, 11) is 1.65. The summed E-state index contributed by atoms with van der Waals surface area (Å²) in [6.07, 6.45) is 5.99. The summed E-state index contributed by atoms with van der Waals surface area (Å²) in [5.74, 6) is 2.60. The van der Waals surface area contributed by atoms with E-state index in [0.717, 1.165) is 28.0 Å². The summed E-state index contributed by atoms with van der Waals surface area (Å²) >= 11 is 0. The van der Waals surface area contributed by atoms with Crippen LogP contribution in [0.3, 0.4) is 0 Å². The normalized spacial score (nSPS) is 17.5. The molecule has 2 aliphatic rings. The van der Waals surface area contributed by atoms with Gasteiger partial charge in [-0.05, 0) is 55.7 Å². The van der Waals surface area contributed by atoms with Crippen molar-refractivity contribution in [3.8, 4) is 17.2 Å². The maximum atomic E-state index is 6.31. The number of rotatable bonds is 5. The molecule has 32 heavy (non-hydrogen) atoms. The van der Waals surface area contributed by atoms with Crippen LogP contribution in [0.15, 0.2) is 48.9 Å². The van der Waals surface area contributed by atoms with Crippen LogP contribution in [-0.2, 0) is 6.54 Å². The van der Waals surface area contributed by atoms with Crippen molar-refractivity contribution in [2.24, 2.45) is 0 Å². The summed E-state index contributed by atoms with van der Waals surface area (Å²) in [6, 6.07) is 12.2. The van der Waals surface area contributed by atoms with E-state index in [0.29, 0.717) is 36.3 Å². The quantitative estimate of drug-likeness (QED) is 0.463. The third kappa shape index (κ3) is 3.43. The molecule has 1 aliphatic heterocycles. The van der Waals surface area contributed by atoms with E-state index in [4.69, 9.17) is 14.2 Å². The monoisotopic (exact) mass is 428 g/mol. The van der Waals surface area contributed by atoms with E-state index in [1.54, 1.807) is 7.11 Å². The Balaban J connectivity index is 1.27. The van der Waals surface area contributed by atoms with Gasteiger partial charge >= 0.3 is 0 Å². The van der Waals surface area contributed by atoms with Crippen LogP contribution < -0.4 is 14.2 Å². The Kier molecular flexibility index (Phi) is 4.48. The van der Waals surface area contributed by atoms with Gasteiger partial charge in [0.25, 0.3) is 0 Å². The van der Waals surface area contributed by atoms with Crippen molar-refractivity contribution < 1.29 is 14.2 Å². The van der Waals surface area contributed by atoms with Gasteiger partial charge in [0.2, 0.25) is 5.75 Å². The van der Waals surface area contributed by atoms with Crippen molar-refractivity contribution in [2.45, 2.75) is 38.3 Å². The zero-order chi connectivity index (χ0) is 21.7. The number of imidazole rings is 1. The number of hydrogen-bond acceptors (Lipinski definition) is 6. The van der Waals surface area contributed by atoms with Gasteiger partial charge in [-0.25, -0.2) is 9.97 Å². The van der Waals surface area contributed by atoms with Gasteiger partial charge in [0.1, 0.15) is 12.1 Å². The van der Waals surface area contributed by atoms with Gasteiger partial charge in [0.05, 0.1) is 20.0 Å². The summed E-state index contributed by atoms with van der Waals surface area (Å²) in [5.41, 5.74) is 5.91. The largest absolute Gasteiger partial charge is 0.493 e. The summed E-state index contributed by atoms with van der Waals surface area (Å²) in [6.45, 7) is 3.02. The summed E-state index contributed by atoms with van der Waals surface area (Å²) in [4.78, 5) is 13.7. The zero-order valence-corrected chi connectivity index (χ0v) is 18.1. The maximum Gasteiger partial charge on any atom is 0.204 e. The predicted octanol–water partition coefficient (Wildman–Crippen LogP) is 4.58. The highest BCUT2D eigenvalue weighted by molar-refractivity contribution is 5.71. The van der Waals surface area contributed by atoms with Crippen LogP contribution >= 0.6 is 0 Å². The fourth-order valence-corrected chi connectivity index (χ4v) is 4.18. The minimum absolute atomic E-state index is 0.215. The highest BCUT2D eigenvalue weighted by atomic mass is 16.6. The molecule has 6 rings (SSSR count). The zero-order valence-electron chi connectivity index (χ0n) is 18.1. The molecule has 4 heterocycles. The lowest BCUT2D eigenvalue weighted by atomic mass is 10.1. The molecule has 0 N–H and O–H groups in total. The standard InChI is InChI=1S/C25H24N4O3/c1-15-3-7-20-25(28-15)29(14-27-20)12-16-9-21(30-2)24-22(10-16)31-13-23(32-24)18-6-8-19(26-11-18)17-4-5-17/h3,6-11,14,17,23H,4-5,12-13H2,1-2H3. The average Bonchev–Trinajstić information content (AvgIpc) is 3.61. The number of ether oxygens (including phenoxy) is 3. The van der Waals surface area contributed by atoms with Crippen LogP contribution in [0.25, 0.3) is 11.2 Å². The van der Waals surface area contributed by atoms with Crippen molar-refractivity contribution in [2.75, 3.05) is 13.7 Å². The molecule has 1 unspecified atom stereocenters. The molecule has 4 aromatic rings. The van der Waals surface area contributed by atoms with Crippen LogP contribution in [0.2, 0.25) is 0 Å². The lowest BCUT2D eigenvalue weighted by Gasteiger charge is -2.28. The SMILES string of the molecule is COc1cc(Cn2cnc3ccc(C)nc32)cc2c1OC(c1ccc(C3CC3)nc1)CO2. The second-order valence-electron chi connectivity index (χ2n) is 8.50. The van der Waals surface area contributed by atoms with Gasteiger partial charge in [-0.2, -0.15) is 0 Å². The van der Waals surface area contributed by atoms with E-state index in [9.17, 15) is 0 Å². The topological polar surface area (TPSA) is 71.3 Å². The molecule has 7 nitrogen and oxygen atoms in total. The maximum absolute atomic E-state index is 6.31. The van der Waals surface area contributed by atoms with E-state index < -0.39 is 0 Å². The Morgan fingerprint density at radius 2 is 2.03 bits per heavy atom.